The van der Waals surface area contributed by atoms with Crippen molar-refractivity contribution >= 4 is 17.9 Å². The quantitative estimate of drug-likeness (QED) is 0.634. The van der Waals surface area contributed by atoms with Crippen molar-refractivity contribution in [3.05, 3.63) is 53.1 Å². The van der Waals surface area contributed by atoms with Gasteiger partial charge in [0.1, 0.15) is 5.56 Å². The lowest BCUT2D eigenvalue weighted by Gasteiger charge is -2.13. The van der Waals surface area contributed by atoms with Gasteiger partial charge >= 0.3 is 5.97 Å². The maximum absolute atomic E-state index is 12.8. The Morgan fingerprint density at radius 3 is 2.48 bits per heavy atom. The number of nitrogens with two attached hydrogens (primary N) is 1. The summed E-state index contributed by atoms with van der Waals surface area (Å²) >= 11 is 0. The van der Waals surface area contributed by atoms with Crippen LogP contribution in [0.15, 0.2) is 30.5 Å². The van der Waals surface area contributed by atoms with Gasteiger partial charge in [-0.3, -0.25) is 0 Å². The van der Waals surface area contributed by atoms with Crippen LogP contribution in [0.25, 0.3) is 5.69 Å². The van der Waals surface area contributed by atoms with Crippen molar-refractivity contribution in [3.63, 3.8) is 0 Å². The minimum absolute atomic E-state index is 0.0644. The predicted molar refractivity (Wildman–Crippen MR) is 110 cm³/mol. The average molecular weight is 395 g/mol. The first-order valence-electron chi connectivity index (χ1n) is 9.26. The molecule has 0 amide bonds. The van der Waals surface area contributed by atoms with Crippen LogP contribution in [0, 0.1) is 6.92 Å². The normalized spacial score (nSPS) is 11.0. The predicted octanol–water partition coefficient (Wildman–Crippen LogP) is 2.49. The number of hydrogen-bond donors (Lipinski definition) is 1. The summed E-state index contributed by atoms with van der Waals surface area (Å²) in [6.45, 7) is 5.93. The van der Waals surface area contributed by atoms with Crippen molar-refractivity contribution in [2.45, 2.75) is 33.3 Å². The zero-order valence-corrected chi connectivity index (χ0v) is 17.2. The maximum Gasteiger partial charge on any atom is 0.342 e. The van der Waals surface area contributed by atoms with Crippen LogP contribution in [-0.4, -0.2) is 44.8 Å². The van der Waals surface area contributed by atoms with E-state index in [0.29, 0.717) is 11.5 Å². The highest BCUT2D eigenvalue weighted by Crippen LogP contribution is 2.24. The summed E-state index contributed by atoms with van der Waals surface area (Å²) < 4.78 is 7.21. The molecule has 0 atom stereocenters. The molecule has 9 heteroatoms. The highest BCUT2D eigenvalue weighted by atomic mass is 16.5. The van der Waals surface area contributed by atoms with E-state index < -0.39 is 5.97 Å². The van der Waals surface area contributed by atoms with Crippen molar-refractivity contribution in [2.75, 3.05) is 24.7 Å². The Morgan fingerprint density at radius 2 is 1.86 bits per heavy atom. The SMILES string of the molecule is Cc1ccc(-n2ncc(C(=O)OCc3nc(N)nc(N(C)C)n3)c2C(C)C)cc1. The third-order valence-electron chi connectivity index (χ3n) is 4.27. The van der Waals surface area contributed by atoms with Gasteiger partial charge in [0, 0.05) is 14.1 Å². The molecular weight excluding hydrogens is 370 g/mol. The molecule has 0 aliphatic heterocycles. The first kappa shape index (κ1) is 20.2. The number of aryl methyl sites for hydroxylation is 1. The fraction of sp³-hybridized carbons (Fsp3) is 0.350. The smallest absolute Gasteiger partial charge is 0.342 e. The van der Waals surface area contributed by atoms with Crippen molar-refractivity contribution in [2.24, 2.45) is 0 Å². The van der Waals surface area contributed by atoms with E-state index >= 15 is 0 Å². The molecule has 0 unspecified atom stereocenters. The molecule has 0 spiro atoms. The van der Waals surface area contributed by atoms with E-state index in [1.54, 1.807) is 23.7 Å². The second-order valence-corrected chi connectivity index (χ2v) is 7.23. The molecule has 0 bridgehead atoms. The highest BCUT2D eigenvalue weighted by molar-refractivity contribution is 5.90. The molecule has 152 valence electrons. The van der Waals surface area contributed by atoms with Gasteiger partial charge in [-0.25, -0.2) is 9.48 Å². The van der Waals surface area contributed by atoms with E-state index in [1.807, 2.05) is 45.0 Å². The molecule has 3 rings (SSSR count). The zero-order valence-electron chi connectivity index (χ0n) is 17.2. The monoisotopic (exact) mass is 395 g/mol. The Kier molecular flexibility index (Phi) is 5.76. The number of esters is 1. The number of carbonyl (C=O) groups is 1. The van der Waals surface area contributed by atoms with Gasteiger partial charge in [-0.2, -0.15) is 20.1 Å². The van der Waals surface area contributed by atoms with E-state index in [1.165, 1.54) is 6.20 Å². The molecule has 2 aromatic heterocycles. The Balaban J connectivity index is 1.84. The van der Waals surface area contributed by atoms with Crippen LogP contribution in [0.1, 0.15) is 47.2 Å². The number of benzene rings is 1. The van der Waals surface area contributed by atoms with Crippen LogP contribution in [0.2, 0.25) is 0 Å². The Morgan fingerprint density at radius 1 is 1.17 bits per heavy atom. The van der Waals surface area contributed by atoms with Crippen molar-refractivity contribution in [1.29, 1.82) is 0 Å². The van der Waals surface area contributed by atoms with E-state index in [2.05, 4.69) is 20.1 Å². The first-order chi connectivity index (χ1) is 13.8. The van der Waals surface area contributed by atoms with E-state index in [9.17, 15) is 4.79 Å². The molecule has 0 aliphatic rings. The van der Waals surface area contributed by atoms with Gasteiger partial charge in [0.05, 0.1) is 17.6 Å². The third kappa shape index (κ3) is 4.50. The van der Waals surface area contributed by atoms with E-state index in [-0.39, 0.29) is 24.3 Å². The fourth-order valence-corrected chi connectivity index (χ4v) is 2.86. The van der Waals surface area contributed by atoms with E-state index in [0.717, 1.165) is 16.9 Å². The summed E-state index contributed by atoms with van der Waals surface area (Å²) in [5.74, 6) is 0.335. The number of aromatic nitrogens is 5. The van der Waals surface area contributed by atoms with Gasteiger partial charge in [-0.05, 0) is 25.0 Å². The Bertz CT molecular complexity index is 1010. The molecule has 0 fully saturated rings. The largest absolute Gasteiger partial charge is 0.454 e. The standard InChI is InChI=1S/C20H25N7O2/c1-12(2)17-15(10-22-27(17)14-8-6-13(3)7-9-14)18(28)29-11-16-23-19(21)25-20(24-16)26(4)5/h6-10,12H,11H2,1-5H3,(H2,21,23,24,25). The van der Waals surface area contributed by atoms with Crippen LogP contribution < -0.4 is 10.6 Å². The molecule has 0 aliphatic carbocycles. The van der Waals surface area contributed by atoms with Crippen molar-refractivity contribution in [3.8, 4) is 5.69 Å². The van der Waals surface area contributed by atoms with E-state index in [4.69, 9.17) is 10.5 Å². The van der Waals surface area contributed by atoms with Crippen molar-refractivity contribution in [1.82, 2.24) is 24.7 Å². The zero-order chi connectivity index (χ0) is 21.1. The number of nitrogens with zero attached hydrogens (tertiary/aromatic N) is 6. The van der Waals surface area contributed by atoms with Crippen LogP contribution in [0.5, 0.6) is 0 Å². The molecule has 2 N–H and O–H groups in total. The van der Waals surface area contributed by atoms with Crippen molar-refractivity contribution < 1.29 is 9.53 Å². The van der Waals surface area contributed by atoms with Crippen LogP contribution in [-0.2, 0) is 11.3 Å². The average Bonchev–Trinajstić information content (AvgIpc) is 3.11. The molecular formula is C20H25N7O2. The molecule has 3 aromatic rings. The van der Waals surface area contributed by atoms with Gasteiger partial charge in [-0.1, -0.05) is 31.5 Å². The summed E-state index contributed by atoms with van der Waals surface area (Å²) in [5, 5.41) is 4.41. The lowest BCUT2D eigenvalue weighted by molar-refractivity contribution is 0.0460. The van der Waals surface area contributed by atoms with Gasteiger partial charge in [0.2, 0.25) is 11.9 Å². The van der Waals surface area contributed by atoms with Crippen LogP contribution >= 0.6 is 0 Å². The van der Waals surface area contributed by atoms with Crippen LogP contribution in [0.4, 0.5) is 11.9 Å². The van der Waals surface area contributed by atoms with Crippen LogP contribution in [0.3, 0.4) is 0 Å². The number of nitrogen functional groups attached to an aromatic ring is 1. The number of rotatable bonds is 6. The summed E-state index contributed by atoms with van der Waals surface area (Å²) in [5.41, 5.74) is 8.95. The summed E-state index contributed by atoms with van der Waals surface area (Å²) in [7, 11) is 3.58. The number of carbonyl (C=O) groups excluding carboxylic acids is 1. The molecule has 9 nitrogen and oxygen atoms in total. The molecule has 29 heavy (non-hydrogen) atoms. The molecule has 1 aromatic carbocycles. The molecule has 0 radical (unpaired) electrons. The summed E-state index contributed by atoms with van der Waals surface area (Å²) in [6.07, 6.45) is 1.53. The second kappa shape index (κ2) is 8.26. The first-order valence-corrected chi connectivity index (χ1v) is 9.26. The van der Waals surface area contributed by atoms with Gasteiger partial charge in [0.25, 0.3) is 0 Å². The highest BCUT2D eigenvalue weighted by Gasteiger charge is 2.22. The molecule has 0 saturated carbocycles. The molecule has 0 saturated heterocycles. The number of ether oxygens (including phenoxy) is 1. The fourth-order valence-electron chi connectivity index (χ4n) is 2.86. The summed E-state index contributed by atoms with van der Waals surface area (Å²) in [6, 6.07) is 7.96. The minimum atomic E-state index is -0.488. The lowest BCUT2D eigenvalue weighted by Crippen LogP contribution is -2.17. The minimum Gasteiger partial charge on any atom is -0.454 e. The summed E-state index contributed by atoms with van der Waals surface area (Å²) in [4.78, 5) is 26.8. The topological polar surface area (TPSA) is 112 Å². The second-order valence-electron chi connectivity index (χ2n) is 7.23. The third-order valence-corrected chi connectivity index (χ3v) is 4.27. The number of hydrogen-bond acceptors (Lipinski definition) is 8. The molecule has 2 heterocycles. The Labute approximate surface area is 169 Å². The Hall–Kier alpha value is -3.49. The van der Waals surface area contributed by atoms with Gasteiger partial charge < -0.3 is 15.4 Å². The lowest BCUT2D eigenvalue weighted by atomic mass is 10.1. The number of anilines is 2. The maximum atomic E-state index is 12.8. The van der Waals surface area contributed by atoms with Gasteiger partial charge in [0.15, 0.2) is 12.4 Å². The van der Waals surface area contributed by atoms with Gasteiger partial charge in [-0.15, -0.1) is 0 Å².